The first-order valence-corrected chi connectivity index (χ1v) is 15.1. The van der Waals surface area contributed by atoms with Gasteiger partial charge in [-0.25, -0.2) is 9.37 Å². The molecule has 224 valence electrons. The summed E-state index contributed by atoms with van der Waals surface area (Å²) in [5, 5.41) is 19.1. The second-order valence-electron chi connectivity index (χ2n) is 10.7. The number of halogens is 2. The Morgan fingerprint density at radius 2 is 2.09 bits per heavy atom. The molecule has 12 heteroatoms. The molecule has 4 aromatic rings. The molecular formula is C31H34BrFN8O2. The molecule has 4 unspecified atom stereocenters. The number of nitrogen functional groups attached to an aromatic ring is 1. The van der Waals surface area contributed by atoms with E-state index in [1.54, 1.807) is 35.4 Å². The van der Waals surface area contributed by atoms with Crippen molar-refractivity contribution in [2.75, 3.05) is 19.4 Å². The first-order chi connectivity index (χ1) is 20.9. The lowest BCUT2D eigenvalue weighted by molar-refractivity contribution is 0.0151. The fourth-order valence-electron chi connectivity index (χ4n) is 6.40. The average Bonchev–Trinajstić information content (AvgIpc) is 3.74. The van der Waals surface area contributed by atoms with Gasteiger partial charge in [0.05, 0.1) is 41.2 Å². The zero-order chi connectivity index (χ0) is 30.2. The van der Waals surface area contributed by atoms with Crippen molar-refractivity contribution in [3.63, 3.8) is 0 Å². The van der Waals surface area contributed by atoms with E-state index in [1.807, 2.05) is 32.1 Å². The molecule has 0 aliphatic carbocycles. The minimum absolute atomic E-state index is 0.0747. The van der Waals surface area contributed by atoms with E-state index < -0.39 is 12.0 Å². The molecule has 3 aromatic heterocycles. The Kier molecular flexibility index (Phi) is 8.17. The third-order valence-corrected chi connectivity index (χ3v) is 9.30. The first kappa shape index (κ1) is 29.2. The zero-order valence-electron chi connectivity index (χ0n) is 24.2. The van der Waals surface area contributed by atoms with E-state index >= 15 is 0 Å². The molecule has 4 atom stereocenters. The highest BCUT2D eigenvalue weighted by Crippen LogP contribution is 2.50. The molecule has 2 bridgehead atoms. The molecule has 0 amide bonds. The van der Waals surface area contributed by atoms with E-state index in [2.05, 4.69) is 41.2 Å². The molecular weight excluding hydrogens is 615 g/mol. The minimum atomic E-state index is -0.773. The van der Waals surface area contributed by atoms with Crippen LogP contribution in [-0.4, -0.2) is 67.9 Å². The number of methoxy groups -OCH3 is 1. The van der Waals surface area contributed by atoms with Gasteiger partial charge in [-0.05, 0) is 73.3 Å². The molecule has 10 nitrogen and oxygen atoms in total. The van der Waals surface area contributed by atoms with E-state index in [9.17, 15) is 9.50 Å². The number of fused-ring (bicyclic) bond motifs is 3. The average molecular weight is 650 g/mol. The number of nitrogens with two attached hydrogens (primary N) is 1. The number of anilines is 1. The summed E-state index contributed by atoms with van der Waals surface area (Å²) >= 11 is 3.72. The van der Waals surface area contributed by atoms with Gasteiger partial charge in [0, 0.05) is 47.4 Å². The number of benzene rings is 1. The van der Waals surface area contributed by atoms with Crippen molar-refractivity contribution in [1.82, 2.24) is 29.8 Å². The topological polar surface area (TPSA) is 126 Å². The summed E-state index contributed by atoms with van der Waals surface area (Å²) in [6.07, 6.45) is 9.05. The van der Waals surface area contributed by atoms with Crippen molar-refractivity contribution in [3.8, 4) is 28.1 Å². The van der Waals surface area contributed by atoms with Gasteiger partial charge in [-0.15, -0.1) is 0 Å². The van der Waals surface area contributed by atoms with Crippen LogP contribution >= 0.6 is 15.9 Å². The zero-order valence-corrected chi connectivity index (χ0v) is 25.8. The van der Waals surface area contributed by atoms with Gasteiger partial charge in [0.25, 0.3) is 0 Å². The highest BCUT2D eigenvalue weighted by atomic mass is 79.9. The van der Waals surface area contributed by atoms with Gasteiger partial charge in [-0.2, -0.15) is 9.61 Å². The van der Waals surface area contributed by atoms with Crippen LogP contribution < -0.4 is 15.8 Å². The summed E-state index contributed by atoms with van der Waals surface area (Å²) in [7, 11) is 1.44. The largest absolute Gasteiger partial charge is 0.494 e. The number of aliphatic imine (C=N–C) groups is 1. The Balaban J connectivity index is 1.31. The van der Waals surface area contributed by atoms with Gasteiger partial charge in [0.1, 0.15) is 12.0 Å². The lowest BCUT2D eigenvalue weighted by Gasteiger charge is -2.30. The number of hydrogen-bond acceptors (Lipinski definition) is 8. The predicted octanol–water partition coefficient (Wildman–Crippen LogP) is 5.13. The minimum Gasteiger partial charge on any atom is -0.494 e. The van der Waals surface area contributed by atoms with Gasteiger partial charge < -0.3 is 20.9 Å². The smallest absolute Gasteiger partial charge is 0.165 e. The second-order valence-corrected chi connectivity index (χ2v) is 11.5. The molecule has 2 aliphatic heterocycles. The summed E-state index contributed by atoms with van der Waals surface area (Å²) in [5.74, 6) is 0.282. The maximum absolute atomic E-state index is 14.3. The molecule has 0 radical (unpaired) electrons. The van der Waals surface area contributed by atoms with Crippen molar-refractivity contribution in [1.29, 1.82) is 0 Å². The van der Waals surface area contributed by atoms with Crippen LogP contribution in [0.25, 0.3) is 28.0 Å². The third kappa shape index (κ3) is 5.17. The standard InChI is InChI=1S/C31H34BrFN8O2/c1-4-23(37-16-35-5-2)31(42)40-19-8-10-25(40)20(13-19)28-27(32)29(34)41-30(39-28)21(15-38-41)18-6-9-24(36-14-18)17-7-11-26(43-3)22(33)12-17/h4,6-7,9,11-12,14-16,19-20,25,31,42H,5,8,10,13,34H2,1-3H3,(H,35,37)/b23-4-. The van der Waals surface area contributed by atoms with E-state index in [-0.39, 0.29) is 23.8 Å². The second kappa shape index (κ2) is 12.0. The van der Waals surface area contributed by atoms with Gasteiger partial charge in [0.2, 0.25) is 0 Å². The number of pyridine rings is 1. The molecule has 4 N–H and O–H groups in total. The monoisotopic (exact) mass is 648 g/mol. The fraction of sp³-hybridized carbons (Fsp3) is 0.355. The number of nitrogens with zero attached hydrogens (tertiary/aromatic N) is 6. The number of allylic oxidation sites excluding steroid dienone is 1. The van der Waals surface area contributed by atoms with E-state index in [1.165, 1.54) is 13.2 Å². The molecule has 6 rings (SSSR count). The van der Waals surface area contributed by atoms with E-state index in [0.717, 1.165) is 40.6 Å². The molecule has 1 aromatic carbocycles. The Labute approximate surface area is 257 Å². The molecule has 5 heterocycles. The summed E-state index contributed by atoms with van der Waals surface area (Å²) in [5.41, 5.74) is 11.7. The molecule has 2 fully saturated rings. The maximum atomic E-state index is 14.3. The highest BCUT2D eigenvalue weighted by Gasteiger charge is 2.51. The Morgan fingerprint density at radius 3 is 2.79 bits per heavy atom. The number of hydrogen-bond donors (Lipinski definition) is 3. The van der Waals surface area contributed by atoms with Crippen LogP contribution in [0, 0.1) is 5.82 Å². The predicted molar refractivity (Wildman–Crippen MR) is 168 cm³/mol. The number of aromatic nitrogens is 4. The van der Waals surface area contributed by atoms with Crippen LogP contribution in [0.4, 0.5) is 10.2 Å². The number of rotatable bonds is 9. The molecule has 43 heavy (non-hydrogen) atoms. The van der Waals surface area contributed by atoms with Crippen molar-refractivity contribution in [2.45, 2.75) is 57.3 Å². The fourth-order valence-corrected chi connectivity index (χ4v) is 6.95. The molecule has 2 aliphatic rings. The summed E-state index contributed by atoms with van der Waals surface area (Å²) in [4.78, 5) is 16.1. The van der Waals surface area contributed by atoms with Crippen LogP contribution in [0.3, 0.4) is 0 Å². The quantitative estimate of drug-likeness (QED) is 0.168. The van der Waals surface area contributed by atoms with Crippen molar-refractivity contribution in [3.05, 3.63) is 70.5 Å². The van der Waals surface area contributed by atoms with Crippen LogP contribution in [-0.2, 0) is 0 Å². The molecule has 0 spiro atoms. The molecule has 0 saturated carbocycles. The van der Waals surface area contributed by atoms with Gasteiger partial charge in [0.15, 0.2) is 17.2 Å². The van der Waals surface area contributed by atoms with Gasteiger partial charge >= 0.3 is 0 Å². The lowest BCUT2D eigenvalue weighted by Crippen LogP contribution is -2.44. The first-order valence-electron chi connectivity index (χ1n) is 14.4. The number of aliphatic hydroxyl groups is 1. The van der Waals surface area contributed by atoms with Crippen molar-refractivity contribution in [2.24, 2.45) is 4.99 Å². The number of aliphatic hydroxyl groups excluding tert-OH is 1. The van der Waals surface area contributed by atoms with Gasteiger partial charge in [-0.3, -0.25) is 14.9 Å². The Morgan fingerprint density at radius 1 is 1.28 bits per heavy atom. The van der Waals surface area contributed by atoms with Crippen LogP contribution in [0.5, 0.6) is 5.75 Å². The van der Waals surface area contributed by atoms with Crippen LogP contribution in [0.1, 0.15) is 44.7 Å². The normalized spacial score (nSPS) is 21.3. The third-order valence-electron chi connectivity index (χ3n) is 8.49. The molecule has 2 saturated heterocycles. The van der Waals surface area contributed by atoms with Crippen molar-refractivity contribution >= 4 is 33.7 Å². The summed E-state index contributed by atoms with van der Waals surface area (Å²) in [6, 6.07) is 8.86. The van der Waals surface area contributed by atoms with E-state index in [4.69, 9.17) is 15.5 Å². The SMILES string of the molecule is C/C=C(\NC=NCC)C(O)N1C2CCC1C(c1nc3c(-c4ccc(-c5ccc(OC)c(F)c5)nc4)cnn3c(N)c1Br)C2. The number of ether oxygens (including phenoxy) is 1. The van der Waals surface area contributed by atoms with Crippen LogP contribution in [0.2, 0.25) is 0 Å². The Bertz CT molecular complexity index is 1710. The highest BCUT2D eigenvalue weighted by molar-refractivity contribution is 9.10. The van der Waals surface area contributed by atoms with E-state index in [0.29, 0.717) is 35.0 Å². The number of nitrogens with one attached hydrogen (secondary N) is 1. The Hall–Kier alpha value is -3.87. The maximum Gasteiger partial charge on any atom is 0.165 e. The lowest BCUT2D eigenvalue weighted by atomic mass is 9.86. The van der Waals surface area contributed by atoms with Crippen molar-refractivity contribution < 1.29 is 14.2 Å². The van der Waals surface area contributed by atoms with Crippen LogP contribution in [0.15, 0.2) is 64.0 Å². The summed E-state index contributed by atoms with van der Waals surface area (Å²) < 4.78 is 21.7. The summed E-state index contributed by atoms with van der Waals surface area (Å²) in [6.45, 7) is 4.54. The van der Waals surface area contributed by atoms with Gasteiger partial charge in [-0.1, -0.05) is 12.1 Å².